The molecule has 0 aliphatic heterocycles. The van der Waals surface area contributed by atoms with E-state index in [1.807, 2.05) is 19.9 Å². The van der Waals surface area contributed by atoms with Gasteiger partial charge in [-0.1, -0.05) is 11.6 Å². The minimum absolute atomic E-state index is 0.294. The maximum atomic E-state index is 10.9. The summed E-state index contributed by atoms with van der Waals surface area (Å²) in [6, 6.07) is 5.52. The number of nitrogens with zero attached hydrogens (tertiary/aromatic N) is 1. The lowest BCUT2D eigenvalue weighted by Gasteiger charge is -1.99. The molecule has 0 radical (unpaired) electrons. The lowest BCUT2D eigenvalue weighted by Crippen LogP contribution is -2.24. The van der Waals surface area contributed by atoms with Crippen molar-refractivity contribution in [3.63, 3.8) is 0 Å². The predicted molar refractivity (Wildman–Crippen MR) is 86.3 cm³/mol. The Morgan fingerprint density at radius 3 is 2.64 bits per heavy atom. The normalized spacial score (nSPS) is 11.0. The largest absolute Gasteiger partial charge is 0.550 e. The molecule has 0 spiro atoms. The number of hydrogen-bond donors (Lipinski definition) is 0. The van der Waals surface area contributed by atoms with E-state index >= 15 is 0 Å². The van der Waals surface area contributed by atoms with Crippen LogP contribution >= 0.6 is 34.3 Å². The molecule has 0 amide bonds. The average molecular weight is 353 g/mol. The van der Waals surface area contributed by atoms with E-state index in [1.54, 1.807) is 23.5 Å². The van der Waals surface area contributed by atoms with Gasteiger partial charge in [-0.25, -0.2) is 4.98 Å². The molecule has 3 rings (SSSR count). The van der Waals surface area contributed by atoms with Crippen LogP contribution in [0.1, 0.15) is 16.1 Å². The number of aromatic nitrogens is 1. The smallest absolute Gasteiger partial charge is 0.237 e. The zero-order chi connectivity index (χ0) is 15.9. The van der Waals surface area contributed by atoms with Gasteiger partial charge >= 0.3 is 0 Å². The molecule has 4 nitrogen and oxygen atoms in total. The molecule has 22 heavy (non-hydrogen) atoms. The first-order chi connectivity index (χ1) is 10.4. The number of carboxylic acid groups (broad SMARTS) is 1. The highest BCUT2D eigenvalue weighted by Crippen LogP contribution is 2.38. The molecule has 0 unspecified atom stereocenters. The maximum Gasteiger partial charge on any atom is 0.237 e. The molecular weight excluding hydrogens is 342 g/mol. The van der Waals surface area contributed by atoms with Gasteiger partial charge in [0.1, 0.15) is 0 Å². The Labute approximate surface area is 140 Å². The van der Waals surface area contributed by atoms with Crippen LogP contribution in [0.3, 0.4) is 0 Å². The van der Waals surface area contributed by atoms with Crippen LogP contribution in [0.5, 0.6) is 0 Å². The number of hydrogen-bond acceptors (Lipinski definition) is 6. The van der Waals surface area contributed by atoms with E-state index < -0.39 is 5.97 Å². The Balaban J connectivity index is 2.09. The van der Waals surface area contributed by atoms with Gasteiger partial charge in [-0.15, -0.1) is 22.7 Å². The van der Waals surface area contributed by atoms with Crippen LogP contribution < -0.4 is 5.11 Å². The maximum absolute atomic E-state index is 10.9. The molecule has 3 aromatic heterocycles. The van der Waals surface area contributed by atoms with Gasteiger partial charge in [-0.05, 0) is 37.6 Å². The molecule has 0 aromatic carbocycles. The summed E-state index contributed by atoms with van der Waals surface area (Å²) < 4.78 is 6.44. The predicted octanol–water partition coefficient (Wildman–Crippen LogP) is 3.69. The van der Waals surface area contributed by atoms with Crippen molar-refractivity contribution < 1.29 is 14.3 Å². The SMILES string of the molecule is Cc1cc(-c2nc(CC(=O)[O-])c(-c3ccc(Cl)s3)o2)sc1C. The van der Waals surface area contributed by atoms with Crippen LogP contribution in [-0.4, -0.2) is 11.0 Å². The second kappa shape index (κ2) is 5.87. The molecule has 0 bridgehead atoms. The lowest BCUT2D eigenvalue weighted by atomic mass is 10.2. The molecule has 3 heterocycles. The van der Waals surface area contributed by atoms with Crippen LogP contribution in [-0.2, 0) is 11.2 Å². The summed E-state index contributed by atoms with van der Waals surface area (Å²) in [5.74, 6) is -0.320. The standard InChI is InChI=1S/C15H12ClNO3S2/c1-7-5-11(21-8(7)2)15-17-9(6-13(18)19)14(20-15)10-3-4-12(16)22-10/h3-5H,6H2,1-2H3,(H,18,19)/p-1. The highest BCUT2D eigenvalue weighted by Gasteiger charge is 2.19. The average Bonchev–Trinajstić information content (AvgIpc) is 3.10. The van der Waals surface area contributed by atoms with Gasteiger partial charge in [0.05, 0.1) is 19.8 Å². The summed E-state index contributed by atoms with van der Waals surface area (Å²) in [4.78, 5) is 18.1. The summed E-state index contributed by atoms with van der Waals surface area (Å²) >= 11 is 8.83. The Kier molecular flexibility index (Phi) is 4.08. The third-order valence-electron chi connectivity index (χ3n) is 3.18. The van der Waals surface area contributed by atoms with Crippen LogP contribution in [0, 0.1) is 13.8 Å². The lowest BCUT2D eigenvalue weighted by molar-refractivity contribution is -0.304. The van der Waals surface area contributed by atoms with Gasteiger partial charge in [0.15, 0.2) is 5.76 Å². The van der Waals surface area contributed by atoms with Crippen molar-refractivity contribution in [3.05, 3.63) is 38.7 Å². The molecule has 0 N–H and O–H groups in total. The number of carbonyl (C=O) groups excluding carboxylic acids is 1. The van der Waals surface area contributed by atoms with Crippen LogP contribution in [0.2, 0.25) is 4.34 Å². The van der Waals surface area contributed by atoms with E-state index in [9.17, 15) is 9.90 Å². The molecular formula is C15H11ClNO3S2-. The van der Waals surface area contributed by atoms with E-state index in [4.69, 9.17) is 16.0 Å². The van der Waals surface area contributed by atoms with E-state index in [0.717, 1.165) is 15.3 Å². The fraction of sp³-hybridized carbons (Fsp3) is 0.200. The van der Waals surface area contributed by atoms with Crippen LogP contribution in [0.15, 0.2) is 22.6 Å². The third-order valence-corrected chi connectivity index (χ3v) is 5.55. The van der Waals surface area contributed by atoms with Gasteiger partial charge in [0.2, 0.25) is 5.89 Å². The monoisotopic (exact) mass is 352 g/mol. The quantitative estimate of drug-likeness (QED) is 0.718. The number of oxazole rings is 1. The Bertz CT molecular complexity index is 827. The molecule has 3 aromatic rings. The first-order valence-electron chi connectivity index (χ1n) is 6.46. The molecule has 0 saturated heterocycles. The summed E-state index contributed by atoms with van der Waals surface area (Å²) in [5, 5.41) is 10.9. The Morgan fingerprint density at radius 2 is 2.09 bits per heavy atom. The van der Waals surface area contributed by atoms with E-state index in [-0.39, 0.29) is 6.42 Å². The Morgan fingerprint density at radius 1 is 1.32 bits per heavy atom. The number of carboxylic acids is 1. The number of aliphatic carboxylic acids is 1. The first kappa shape index (κ1) is 15.3. The minimum atomic E-state index is -1.19. The summed E-state index contributed by atoms with van der Waals surface area (Å²) in [6.45, 7) is 4.04. The van der Waals surface area contributed by atoms with Gasteiger partial charge in [0.25, 0.3) is 0 Å². The van der Waals surface area contributed by atoms with Crippen molar-refractivity contribution in [3.8, 4) is 21.4 Å². The molecule has 114 valence electrons. The van der Waals surface area contributed by atoms with E-state index in [0.29, 0.717) is 21.7 Å². The fourth-order valence-corrected chi connectivity index (χ4v) is 4.03. The van der Waals surface area contributed by atoms with Crippen molar-refractivity contribution in [1.82, 2.24) is 4.98 Å². The fourth-order valence-electron chi connectivity index (χ4n) is 2.02. The van der Waals surface area contributed by atoms with Gasteiger partial charge < -0.3 is 14.3 Å². The Hall–Kier alpha value is -1.63. The summed E-state index contributed by atoms with van der Waals surface area (Å²) in [5.41, 5.74) is 1.51. The van der Waals surface area contributed by atoms with Crippen molar-refractivity contribution >= 4 is 40.2 Å². The van der Waals surface area contributed by atoms with Crippen LogP contribution in [0.4, 0.5) is 0 Å². The number of thiophene rings is 2. The molecule has 0 aliphatic rings. The van der Waals surface area contributed by atoms with Crippen molar-refractivity contribution in [1.29, 1.82) is 0 Å². The molecule has 0 saturated carbocycles. The van der Waals surface area contributed by atoms with Crippen molar-refractivity contribution in [2.75, 3.05) is 0 Å². The van der Waals surface area contributed by atoms with Crippen molar-refractivity contribution in [2.45, 2.75) is 20.3 Å². The molecule has 0 aliphatic carbocycles. The van der Waals surface area contributed by atoms with E-state index in [1.165, 1.54) is 16.2 Å². The number of rotatable bonds is 4. The first-order valence-corrected chi connectivity index (χ1v) is 8.48. The zero-order valence-corrected chi connectivity index (χ0v) is 14.2. The minimum Gasteiger partial charge on any atom is -0.550 e. The molecule has 0 atom stereocenters. The highest BCUT2D eigenvalue weighted by molar-refractivity contribution is 7.19. The van der Waals surface area contributed by atoms with Crippen LogP contribution in [0.25, 0.3) is 21.4 Å². The van der Waals surface area contributed by atoms with Gasteiger partial charge in [0, 0.05) is 17.3 Å². The van der Waals surface area contributed by atoms with Gasteiger partial charge in [-0.2, -0.15) is 0 Å². The second-order valence-corrected chi connectivity index (χ2v) is 7.77. The summed E-state index contributed by atoms with van der Waals surface area (Å²) in [6.07, 6.45) is -0.294. The topological polar surface area (TPSA) is 66.2 Å². The molecule has 7 heteroatoms. The zero-order valence-electron chi connectivity index (χ0n) is 11.8. The second-order valence-electron chi connectivity index (χ2n) is 4.80. The molecule has 0 fully saturated rings. The third kappa shape index (κ3) is 2.95. The highest BCUT2D eigenvalue weighted by atomic mass is 35.5. The number of halogens is 1. The number of aryl methyl sites for hydroxylation is 2. The number of carbonyl (C=O) groups is 1. The summed E-state index contributed by atoms with van der Waals surface area (Å²) in [7, 11) is 0. The van der Waals surface area contributed by atoms with E-state index in [2.05, 4.69) is 4.98 Å². The van der Waals surface area contributed by atoms with Crippen molar-refractivity contribution in [2.24, 2.45) is 0 Å². The van der Waals surface area contributed by atoms with Gasteiger partial charge in [-0.3, -0.25) is 0 Å².